The quantitative estimate of drug-likeness (QED) is 0.650. The molecule has 1 atom stereocenters. The van der Waals surface area contributed by atoms with Crippen LogP contribution in [-0.2, 0) is 9.59 Å². The maximum absolute atomic E-state index is 11.3. The van der Waals surface area contributed by atoms with Crippen LogP contribution in [0.15, 0.2) is 0 Å². The van der Waals surface area contributed by atoms with Gasteiger partial charge in [0.25, 0.3) is 0 Å². The van der Waals surface area contributed by atoms with Crippen LogP contribution < -0.4 is 5.32 Å². The summed E-state index contributed by atoms with van der Waals surface area (Å²) in [4.78, 5) is 23.9. The minimum absolute atomic E-state index is 0.0154. The molecule has 0 aromatic carbocycles. The van der Waals surface area contributed by atoms with Gasteiger partial charge in [-0.05, 0) is 19.0 Å². The number of carbonyl (C=O) groups excluding carboxylic acids is 2. The first-order valence-corrected chi connectivity index (χ1v) is 5.19. The van der Waals surface area contributed by atoms with Crippen molar-refractivity contribution in [2.75, 3.05) is 19.6 Å². The van der Waals surface area contributed by atoms with Gasteiger partial charge in [-0.3, -0.25) is 14.5 Å². The van der Waals surface area contributed by atoms with Crippen molar-refractivity contribution in [2.45, 2.75) is 26.7 Å². The van der Waals surface area contributed by atoms with Crippen molar-refractivity contribution in [1.29, 1.82) is 0 Å². The molecular weight excluding hydrogens is 180 g/mol. The molecule has 1 rings (SSSR count). The molecule has 14 heavy (non-hydrogen) atoms. The van der Waals surface area contributed by atoms with Gasteiger partial charge in [0.05, 0.1) is 0 Å². The number of likely N-dealkylation sites (tertiary alicyclic amines) is 1. The van der Waals surface area contributed by atoms with E-state index < -0.39 is 0 Å². The van der Waals surface area contributed by atoms with E-state index in [-0.39, 0.29) is 11.8 Å². The molecule has 0 aromatic rings. The topological polar surface area (TPSA) is 49.4 Å². The summed E-state index contributed by atoms with van der Waals surface area (Å²) in [6, 6.07) is 0. The highest BCUT2D eigenvalue weighted by atomic mass is 16.2. The zero-order chi connectivity index (χ0) is 10.6. The molecule has 0 saturated carbocycles. The van der Waals surface area contributed by atoms with Crippen molar-refractivity contribution in [3.63, 3.8) is 0 Å². The van der Waals surface area contributed by atoms with Gasteiger partial charge in [0.15, 0.2) is 0 Å². The van der Waals surface area contributed by atoms with Crippen molar-refractivity contribution in [2.24, 2.45) is 5.92 Å². The number of imide groups is 1. The van der Waals surface area contributed by atoms with Crippen LogP contribution in [0, 0.1) is 5.92 Å². The first-order chi connectivity index (χ1) is 6.65. The Balaban J connectivity index is 2.35. The van der Waals surface area contributed by atoms with Crippen LogP contribution in [0.2, 0.25) is 0 Å². The monoisotopic (exact) mass is 198 g/mol. The number of amides is 2. The van der Waals surface area contributed by atoms with Crippen LogP contribution in [0.3, 0.4) is 0 Å². The van der Waals surface area contributed by atoms with Gasteiger partial charge < -0.3 is 5.32 Å². The SMILES string of the molecule is CCNCC(C)CN1C(=O)CCC1=O. The standard InChI is InChI=1S/C10H18N2O2/c1-3-11-6-8(2)7-12-9(13)4-5-10(12)14/h8,11H,3-7H2,1-2H3. The fraction of sp³-hybridized carbons (Fsp3) is 0.800. The molecule has 0 aromatic heterocycles. The van der Waals surface area contributed by atoms with E-state index in [9.17, 15) is 9.59 Å². The Bertz CT molecular complexity index is 212. The number of carbonyl (C=O) groups is 2. The smallest absolute Gasteiger partial charge is 0.229 e. The fourth-order valence-electron chi connectivity index (χ4n) is 1.59. The molecule has 4 heteroatoms. The molecular formula is C10H18N2O2. The predicted molar refractivity (Wildman–Crippen MR) is 53.7 cm³/mol. The Hall–Kier alpha value is -0.900. The van der Waals surface area contributed by atoms with Gasteiger partial charge in [0, 0.05) is 19.4 Å². The van der Waals surface area contributed by atoms with Crippen molar-refractivity contribution in [1.82, 2.24) is 10.2 Å². The molecule has 1 heterocycles. The van der Waals surface area contributed by atoms with Gasteiger partial charge in [-0.25, -0.2) is 0 Å². The van der Waals surface area contributed by atoms with E-state index >= 15 is 0 Å². The van der Waals surface area contributed by atoms with Gasteiger partial charge in [-0.2, -0.15) is 0 Å². The molecule has 2 amide bonds. The Morgan fingerprint density at radius 2 is 1.93 bits per heavy atom. The van der Waals surface area contributed by atoms with Gasteiger partial charge in [0.1, 0.15) is 0 Å². The summed E-state index contributed by atoms with van der Waals surface area (Å²) < 4.78 is 0. The lowest BCUT2D eigenvalue weighted by atomic mass is 10.1. The summed E-state index contributed by atoms with van der Waals surface area (Å²) >= 11 is 0. The summed E-state index contributed by atoms with van der Waals surface area (Å²) in [5.74, 6) is 0.303. The Morgan fingerprint density at radius 1 is 1.36 bits per heavy atom. The number of hydrogen-bond acceptors (Lipinski definition) is 3. The van der Waals surface area contributed by atoms with Crippen LogP contribution in [0.4, 0.5) is 0 Å². The van der Waals surface area contributed by atoms with Crippen LogP contribution in [0.1, 0.15) is 26.7 Å². The van der Waals surface area contributed by atoms with E-state index in [1.807, 2.05) is 13.8 Å². The van der Waals surface area contributed by atoms with Crippen molar-refractivity contribution in [3.05, 3.63) is 0 Å². The van der Waals surface area contributed by atoms with E-state index in [0.717, 1.165) is 13.1 Å². The lowest BCUT2D eigenvalue weighted by molar-refractivity contribution is -0.138. The second-order valence-corrected chi connectivity index (χ2v) is 3.81. The zero-order valence-corrected chi connectivity index (χ0v) is 8.88. The van der Waals surface area contributed by atoms with Crippen molar-refractivity contribution in [3.8, 4) is 0 Å². The molecule has 80 valence electrons. The molecule has 1 fully saturated rings. The van der Waals surface area contributed by atoms with E-state index in [0.29, 0.717) is 25.3 Å². The first-order valence-electron chi connectivity index (χ1n) is 5.19. The zero-order valence-electron chi connectivity index (χ0n) is 8.88. The highest BCUT2D eigenvalue weighted by Crippen LogP contribution is 2.13. The average molecular weight is 198 g/mol. The molecule has 0 bridgehead atoms. The number of rotatable bonds is 5. The first kappa shape index (κ1) is 11.2. The fourth-order valence-corrected chi connectivity index (χ4v) is 1.59. The molecule has 0 aliphatic carbocycles. The van der Waals surface area contributed by atoms with Crippen molar-refractivity contribution < 1.29 is 9.59 Å². The molecule has 1 aliphatic heterocycles. The molecule has 1 saturated heterocycles. The van der Waals surface area contributed by atoms with Crippen LogP contribution in [0.25, 0.3) is 0 Å². The van der Waals surface area contributed by atoms with Gasteiger partial charge in [-0.1, -0.05) is 13.8 Å². The third-order valence-electron chi connectivity index (χ3n) is 2.39. The van der Waals surface area contributed by atoms with Gasteiger partial charge in [0.2, 0.25) is 11.8 Å². The summed E-state index contributed by atoms with van der Waals surface area (Å²) in [5.41, 5.74) is 0. The van der Waals surface area contributed by atoms with Crippen molar-refractivity contribution >= 4 is 11.8 Å². The van der Waals surface area contributed by atoms with E-state index in [1.165, 1.54) is 4.90 Å². The molecule has 1 aliphatic rings. The van der Waals surface area contributed by atoms with Gasteiger partial charge >= 0.3 is 0 Å². The third kappa shape index (κ3) is 2.80. The Labute approximate surface area is 84.7 Å². The third-order valence-corrected chi connectivity index (χ3v) is 2.39. The minimum Gasteiger partial charge on any atom is -0.317 e. The molecule has 4 nitrogen and oxygen atoms in total. The molecule has 1 unspecified atom stereocenters. The summed E-state index contributed by atoms with van der Waals surface area (Å²) in [6.45, 7) is 6.42. The Kier molecular flexibility index (Phi) is 4.07. The van der Waals surface area contributed by atoms with E-state index in [1.54, 1.807) is 0 Å². The van der Waals surface area contributed by atoms with Crippen LogP contribution in [-0.4, -0.2) is 36.3 Å². The van der Waals surface area contributed by atoms with E-state index in [2.05, 4.69) is 5.32 Å². The molecule has 0 spiro atoms. The second kappa shape index (κ2) is 5.10. The minimum atomic E-state index is -0.0154. The lowest BCUT2D eigenvalue weighted by Gasteiger charge is -2.19. The number of hydrogen-bond donors (Lipinski definition) is 1. The summed E-state index contributed by atoms with van der Waals surface area (Å²) in [7, 11) is 0. The normalized spacial score (nSPS) is 19.1. The molecule has 0 radical (unpaired) electrons. The maximum atomic E-state index is 11.3. The molecule has 1 N–H and O–H groups in total. The van der Waals surface area contributed by atoms with Gasteiger partial charge in [-0.15, -0.1) is 0 Å². The lowest BCUT2D eigenvalue weighted by Crippen LogP contribution is -2.36. The maximum Gasteiger partial charge on any atom is 0.229 e. The highest BCUT2D eigenvalue weighted by molar-refractivity contribution is 6.01. The number of nitrogens with zero attached hydrogens (tertiary/aromatic N) is 1. The second-order valence-electron chi connectivity index (χ2n) is 3.81. The average Bonchev–Trinajstić information content (AvgIpc) is 2.46. The Morgan fingerprint density at radius 3 is 2.43 bits per heavy atom. The van der Waals surface area contributed by atoms with E-state index in [4.69, 9.17) is 0 Å². The predicted octanol–water partition coefficient (Wildman–Crippen LogP) is 0.381. The summed E-state index contributed by atoms with van der Waals surface area (Å²) in [6.07, 6.45) is 0.791. The summed E-state index contributed by atoms with van der Waals surface area (Å²) in [5, 5.41) is 3.20. The largest absolute Gasteiger partial charge is 0.317 e. The highest BCUT2D eigenvalue weighted by Gasteiger charge is 2.29. The number of nitrogens with one attached hydrogen (secondary N) is 1. The van der Waals surface area contributed by atoms with Crippen LogP contribution in [0.5, 0.6) is 0 Å². The van der Waals surface area contributed by atoms with Crippen LogP contribution >= 0.6 is 0 Å².